The number of ether oxygens (including phenoxy) is 2. The highest BCUT2D eigenvalue weighted by Crippen LogP contribution is 2.31. The second-order valence-electron chi connectivity index (χ2n) is 5.96. The molecule has 1 aromatic heterocycles. The molecule has 4 rings (SSSR count). The van der Waals surface area contributed by atoms with Crippen LogP contribution >= 0.6 is 11.6 Å². The Morgan fingerprint density at radius 1 is 1.26 bits per heavy atom. The molecule has 0 aliphatic carbocycles. The van der Waals surface area contributed by atoms with E-state index >= 15 is 0 Å². The number of rotatable bonds is 2. The SMILES string of the molecule is O=C(Cn1ncc2c(Cl)cccc21)N1CCC2(CC1)OCCO2. The molecule has 0 N–H and O–H groups in total. The van der Waals surface area contributed by atoms with Gasteiger partial charge in [-0.1, -0.05) is 17.7 Å². The van der Waals surface area contributed by atoms with Gasteiger partial charge in [-0.05, 0) is 12.1 Å². The van der Waals surface area contributed by atoms with Crippen LogP contribution in [0.5, 0.6) is 0 Å². The summed E-state index contributed by atoms with van der Waals surface area (Å²) in [6.45, 7) is 2.82. The van der Waals surface area contributed by atoms with Gasteiger partial charge in [-0.15, -0.1) is 0 Å². The van der Waals surface area contributed by atoms with E-state index < -0.39 is 5.79 Å². The van der Waals surface area contributed by atoms with Gasteiger partial charge < -0.3 is 14.4 Å². The van der Waals surface area contributed by atoms with Gasteiger partial charge in [0.15, 0.2) is 5.79 Å². The molecule has 7 heteroatoms. The Hall–Kier alpha value is -1.63. The molecule has 0 radical (unpaired) electrons. The summed E-state index contributed by atoms with van der Waals surface area (Å²) in [4.78, 5) is 14.4. The Bertz CT molecular complexity index is 729. The van der Waals surface area contributed by atoms with Crippen molar-refractivity contribution in [3.63, 3.8) is 0 Å². The first-order chi connectivity index (χ1) is 11.2. The van der Waals surface area contributed by atoms with Gasteiger partial charge in [-0.3, -0.25) is 9.48 Å². The maximum Gasteiger partial charge on any atom is 0.244 e. The largest absolute Gasteiger partial charge is 0.347 e. The van der Waals surface area contributed by atoms with Crippen LogP contribution in [0.1, 0.15) is 12.8 Å². The van der Waals surface area contributed by atoms with Crippen molar-refractivity contribution in [2.24, 2.45) is 0 Å². The summed E-state index contributed by atoms with van der Waals surface area (Å²) in [5, 5.41) is 5.81. The minimum Gasteiger partial charge on any atom is -0.347 e. The van der Waals surface area contributed by atoms with Gasteiger partial charge in [0.05, 0.1) is 29.9 Å². The van der Waals surface area contributed by atoms with Gasteiger partial charge in [0, 0.05) is 31.3 Å². The van der Waals surface area contributed by atoms with Crippen molar-refractivity contribution in [3.8, 4) is 0 Å². The van der Waals surface area contributed by atoms with Crippen molar-refractivity contribution in [2.75, 3.05) is 26.3 Å². The molecule has 0 atom stereocenters. The van der Waals surface area contributed by atoms with Gasteiger partial charge in [-0.2, -0.15) is 5.10 Å². The smallest absolute Gasteiger partial charge is 0.244 e. The molecule has 0 saturated carbocycles. The minimum atomic E-state index is -0.456. The van der Waals surface area contributed by atoms with E-state index in [4.69, 9.17) is 21.1 Å². The van der Waals surface area contributed by atoms with E-state index in [1.54, 1.807) is 10.9 Å². The summed E-state index contributed by atoms with van der Waals surface area (Å²) >= 11 is 6.15. The minimum absolute atomic E-state index is 0.0582. The van der Waals surface area contributed by atoms with E-state index in [1.807, 2.05) is 23.1 Å². The summed E-state index contributed by atoms with van der Waals surface area (Å²) in [5.41, 5.74) is 0.877. The molecule has 23 heavy (non-hydrogen) atoms. The number of benzene rings is 1. The topological polar surface area (TPSA) is 56.6 Å². The second-order valence-corrected chi connectivity index (χ2v) is 6.37. The van der Waals surface area contributed by atoms with Crippen LogP contribution in [-0.4, -0.2) is 52.7 Å². The van der Waals surface area contributed by atoms with Crippen LogP contribution in [0.25, 0.3) is 10.9 Å². The second kappa shape index (κ2) is 5.78. The van der Waals surface area contributed by atoms with Crippen molar-refractivity contribution >= 4 is 28.4 Å². The van der Waals surface area contributed by atoms with Crippen LogP contribution in [0.2, 0.25) is 5.02 Å². The van der Waals surface area contributed by atoms with Gasteiger partial charge in [-0.25, -0.2) is 0 Å². The fourth-order valence-corrected chi connectivity index (χ4v) is 3.52. The van der Waals surface area contributed by atoms with E-state index in [-0.39, 0.29) is 12.5 Å². The Morgan fingerprint density at radius 2 is 2.00 bits per heavy atom. The monoisotopic (exact) mass is 335 g/mol. The number of carbonyl (C=O) groups is 1. The lowest BCUT2D eigenvalue weighted by Gasteiger charge is -2.37. The molecule has 122 valence electrons. The molecule has 2 aliphatic heterocycles. The van der Waals surface area contributed by atoms with Crippen molar-refractivity contribution in [2.45, 2.75) is 25.2 Å². The van der Waals surface area contributed by atoms with E-state index in [9.17, 15) is 4.79 Å². The van der Waals surface area contributed by atoms with Crippen LogP contribution < -0.4 is 0 Å². The number of fused-ring (bicyclic) bond motifs is 1. The number of nitrogens with zero attached hydrogens (tertiary/aromatic N) is 3. The molecule has 3 heterocycles. The highest BCUT2D eigenvalue weighted by Gasteiger charge is 2.40. The Morgan fingerprint density at radius 3 is 2.74 bits per heavy atom. The molecule has 2 fully saturated rings. The number of carbonyl (C=O) groups excluding carboxylic acids is 1. The summed E-state index contributed by atoms with van der Waals surface area (Å²) < 4.78 is 13.1. The summed E-state index contributed by atoms with van der Waals surface area (Å²) in [7, 11) is 0. The van der Waals surface area contributed by atoms with Gasteiger partial charge in [0.25, 0.3) is 0 Å². The van der Waals surface area contributed by atoms with Crippen LogP contribution in [0, 0.1) is 0 Å². The highest BCUT2D eigenvalue weighted by atomic mass is 35.5. The van der Waals surface area contributed by atoms with Crippen molar-refractivity contribution in [1.29, 1.82) is 0 Å². The van der Waals surface area contributed by atoms with Gasteiger partial charge in [0.2, 0.25) is 5.91 Å². The molecule has 0 unspecified atom stereocenters. The maximum absolute atomic E-state index is 12.5. The Labute approximate surface area is 138 Å². The first kappa shape index (κ1) is 14.9. The number of hydrogen-bond acceptors (Lipinski definition) is 4. The quantitative estimate of drug-likeness (QED) is 0.843. The van der Waals surface area contributed by atoms with E-state index in [0.29, 0.717) is 31.3 Å². The van der Waals surface area contributed by atoms with E-state index in [0.717, 1.165) is 23.7 Å². The number of amides is 1. The molecule has 2 aromatic rings. The fourth-order valence-electron chi connectivity index (χ4n) is 3.30. The first-order valence-corrected chi connectivity index (χ1v) is 8.20. The number of halogens is 1. The molecule has 2 aliphatic rings. The van der Waals surface area contributed by atoms with Gasteiger partial charge in [0.1, 0.15) is 6.54 Å². The summed E-state index contributed by atoms with van der Waals surface area (Å²) in [6, 6.07) is 5.61. The number of likely N-dealkylation sites (tertiary alicyclic amines) is 1. The van der Waals surface area contributed by atoms with Crippen molar-refractivity contribution < 1.29 is 14.3 Å². The standard InChI is InChI=1S/C16H18ClN3O3/c17-13-2-1-3-14-12(13)10-18-20(14)11-15(21)19-6-4-16(5-7-19)22-8-9-23-16/h1-3,10H,4-9,11H2. The molecule has 1 spiro atoms. The fraction of sp³-hybridized carbons (Fsp3) is 0.500. The summed E-state index contributed by atoms with van der Waals surface area (Å²) in [5.74, 6) is -0.397. The summed E-state index contributed by atoms with van der Waals surface area (Å²) in [6.07, 6.45) is 3.16. The number of piperidine rings is 1. The van der Waals surface area contributed by atoms with Crippen LogP contribution in [0.3, 0.4) is 0 Å². The van der Waals surface area contributed by atoms with E-state index in [2.05, 4.69) is 5.10 Å². The van der Waals surface area contributed by atoms with Crippen molar-refractivity contribution in [3.05, 3.63) is 29.4 Å². The molecule has 1 amide bonds. The Balaban J connectivity index is 1.44. The third-order valence-electron chi connectivity index (χ3n) is 4.61. The highest BCUT2D eigenvalue weighted by molar-refractivity contribution is 6.35. The molecule has 0 bridgehead atoms. The third-order valence-corrected chi connectivity index (χ3v) is 4.94. The zero-order chi connectivity index (χ0) is 15.9. The van der Waals surface area contributed by atoms with Gasteiger partial charge >= 0.3 is 0 Å². The molecule has 6 nitrogen and oxygen atoms in total. The lowest BCUT2D eigenvalue weighted by Crippen LogP contribution is -2.48. The Kier molecular flexibility index (Phi) is 3.75. The molecular formula is C16H18ClN3O3. The normalized spacial score (nSPS) is 20.5. The maximum atomic E-state index is 12.5. The molecule has 2 saturated heterocycles. The number of hydrogen-bond donors (Lipinski definition) is 0. The predicted molar refractivity (Wildman–Crippen MR) is 85.2 cm³/mol. The third kappa shape index (κ3) is 2.71. The first-order valence-electron chi connectivity index (χ1n) is 7.83. The zero-order valence-corrected chi connectivity index (χ0v) is 13.5. The predicted octanol–water partition coefficient (Wildman–Crippen LogP) is 2.06. The van der Waals surface area contributed by atoms with Crippen molar-refractivity contribution in [1.82, 2.24) is 14.7 Å². The zero-order valence-electron chi connectivity index (χ0n) is 12.7. The lowest BCUT2D eigenvalue weighted by molar-refractivity contribution is -0.187. The number of aromatic nitrogens is 2. The average Bonchev–Trinajstić information content (AvgIpc) is 3.17. The molecule has 1 aromatic carbocycles. The van der Waals surface area contributed by atoms with Crippen LogP contribution in [0.15, 0.2) is 24.4 Å². The van der Waals surface area contributed by atoms with Crippen LogP contribution in [-0.2, 0) is 20.8 Å². The van der Waals surface area contributed by atoms with E-state index in [1.165, 1.54) is 0 Å². The lowest BCUT2D eigenvalue weighted by atomic mass is 10.0. The molecular weight excluding hydrogens is 318 g/mol. The van der Waals surface area contributed by atoms with Crippen LogP contribution in [0.4, 0.5) is 0 Å². The average molecular weight is 336 g/mol.